The van der Waals surface area contributed by atoms with E-state index >= 15 is 0 Å². The third kappa shape index (κ3) is 3.25. The summed E-state index contributed by atoms with van der Waals surface area (Å²) in [6, 6.07) is 10.5. The fourth-order valence-electron chi connectivity index (χ4n) is 1.31. The molecule has 0 aliphatic rings. The first-order chi connectivity index (χ1) is 6.79. The fourth-order valence-corrected chi connectivity index (χ4v) is 2.10. The van der Waals surface area contributed by atoms with E-state index in [1.54, 1.807) is 0 Å². The minimum Gasteiger partial charge on any atom is -0.342 e. The second-order valence-corrected chi connectivity index (χ2v) is 4.08. The van der Waals surface area contributed by atoms with Crippen LogP contribution >= 0.6 is 20.3 Å². The maximum absolute atomic E-state index is 5.61. The largest absolute Gasteiger partial charge is 0.342 e. The van der Waals surface area contributed by atoms with Gasteiger partial charge in [-0.2, -0.15) is 0 Å². The molecule has 4 heteroatoms. The van der Waals surface area contributed by atoms with Gasteiger partial charge in [-0.05, 0) is 19.5 Å². The van der Waals surface area contributed by atoms with Gasteiger partial charge < -0.3 is 9.84 Å². The van der Waals surface area contributed by atoms with Gasteiger partial charge >= 0.3 is 0 Å². The van der Waals surface area contributed by atoms with Crippen LogP contribution in [0.4, 0.5) is 0 Å². The summed E-state index contributed by atoms with van der Waals surface area (Å²) in [5.74, 6) is 0. The van der Waals surface area contributed by atoms with Gasteiger partial charge in [-0.3, -0.25) is 0 Å². The van der Waals surface area contributed by atoms with E-state index in [1.807, 2.05) is 25.2 Å². The van der Waals surface area contributed by atoms with Crippen LogP contribution in [0.1, 0.15) is 18.6 Å². The predicted octanol–water partition coefficient (Wildman–Crippen LogP) is 2.79. The molecule has 3 atom stereocenters. The molecule has 78 valence electrons. The minimum absolute atomic E-state index is 0.0806. The quantitative estimate of drug-likeness (QED) is 0.598. The zero-order chi connectivity index (χ0) is 10.4. The molecule has 0 radical (unpaired) electrons. The van der Waals surface area contributed by atoms with E-state index in [0.717, 1.165) is 0 Å². The first-order valence-corrected chi connectivity index (χ1v) is 6.76. The Morgan fingerprint density at radius 1 is 1.36 bits per heavy atom. The Morgan fingerprint density at radius 2 is 2.00 bits per heavy atom. The van der Waals surface area contributed by atoms with Gasteiger partial charge in [0.2, 0.25) is 0 Å². The molecule has 14 heavy (non-hydrogen) atoms. The zero-order valence-corrected chi connectivity index (χ0v) is 10.3. The highest BCUT2D eigenvalue weighted by Crippen LogP contribution is 2.31. The molecule has 0 spiro atoms. The summed E-state index contributed by atoms with van der Waals surface area (Å²) in [4.78, 5) is 0. The number of thiol groups is 1. The molecule has 1 aromatic carbocycles. The Morgan fingerprint density at radius 3 is 2.50 bits per heavy atom. The first-order valence-electron chi connectivity index (χ1n) is 4.56. The van der Waals surface area contributed by atoms with Crippen LogP contribution in [0.5, 0.6) is 0 Å². The van der Waals surface area contributed by atoms with Crippen LogP contribution in [0.15, 0.2) is 30.3 Å². The van der Waals surface area contributed by atoms with E-state index in [4.69, 9.17) is 4.52 Å². The van der Waals surface area contributed by atoms with Crippen molar-refractivity contribution in [3.8, 4) is 0 Å². The van der Waals surface area contributed by atoms with Gasteiger partial charge in [-0.25, -0.2) is 0 Å². The summed E-state index contributed by atoms with van der Waals surface area (Å²) in [6.45, 7) is 2.10. The van der Waals surface area contributed by atoms with Crippen molar-refractivity contribution in [2.75, 3.05) is 7.05 Å². The van der Waals surface area contributed by atoms with Gasteiger partial charge in [0.15, 0.2) is 0 Å². The van der Waals surface area contributed by atoms with Crippen molar-refractivity contribution in [3.63, 3.8) is 0 Å². The molecular formula is C10H16NOPS. The molecule has 0 aliphatic heterocycles. The van der Waals surface area contributed by atoms with E-state index < -0.39 is 0 Å². The lowest BCUT2D eigenvalue weighted by Crippen LogP contribution is -2.29. The summed E-state index contributed by atoms with van der Waals surface area (Å²) in [5, 5.41) is 3.19. The molecule has 0 saturated carbocycles. The highest BCUT2D eigenvalue weighted by molar-refractivity contribution is 8.36. The molecule has 0 bridgehead atoms. The first kappa shape index (κ1) is 12.0. The number of benzene rings is 1. The van der Waals surface area contributed by atoms with Crippen molar-refractivity contribution in [1.29, 1.82) is 0 Å². The van der Waals surface area contributed by atoms with Crippen molar-refractivity contribution < 1.29 is 4.52 Å². The SMILES string of the molecule is CN[C@@H](C)[C@H](OPS)c1ccccc1. The third-order valence-corrected chi connectivity index (χ3v) is 2.89. The minimum atomic E-state index is 0.0806. The van der Waals surface area contributed by atoms with Crippen LogP contribution in [0.2, 0.25) is 0 Å². The normalized spacial score (nSPS) is 15.9. The third-order valence-electron chi connectivity index (χ3n) is 2.22. The standard InChI is InChI=1S/C10H16NOPS/c1-8(11-2)10(12-13-14)9-6-4-3-5-7-9/h3-8,10-11,13-14H,1-2H3/t8-,10-/m0/s1. The molecule has 0 amide bonds. The molecule has 1 rings (SSSR count). The maximum atomic E-state index is 5.61. The summed E-state index contributed by atoms with van der Waals surface area (Å²) in [7, 11) is 2.15. The molecule has 0 aliphatic carbocycles. The van der Waals surface area contributed by atoms with Crippen molar-refractivity contribution in [1.82, 2.24) is 5.32 Å². The van der Waals surface area contributed by atoms with Gasteiger partial charge in [0.1, 0.15) is 6.10 Å². The number of hydrogen-bond acceptors (Lipinski definition) is 3. The maximum Gasteiger partial charge on any atom is 0.102 e. The summed E-state index contributed by atoms with van der Waals surface area (Å²) >= 11 is 4.12. The molecule has 1 aromatic rings. The predicted molar refractivity (Wildman–Crippen MR) is 66.1 cm³/mol. The Balaban J connectivity index is 2.77. The van der Waals surface area contributed by atoms with E-state index in [1.165, 1.54) is 5.56 Å². The van der Waals surface area contributed by atoms with Gasteiger partial charge in [-0.15, -0.1) is 12.2 Å². The average Bonchev–Trinajstić information content (AvgIpc) is 2.26. The number of likely N-dealkylation sites (N-methyl/N-ethyl adjacent to an activating group) is 1. The van der Waals surface area contributed by atoms with Crippen molar-refractivity contribution in [2.45, 2.75) is 19.1 Å². The molecule has 0 aromatic heterocycles. The molecule has 0 fully saturated rings. The Labute approximate surface area is 92.5 Å². The summed E-state index contributed by atoms with van der Waals surface area (Å²) in [6.07, 6.45) is 0.0806. The van der Waals surface area contributed by atoms with Crippen LogP contribution in [0.3, 0.4) is 0 Å². The summed E-state index contributed by atoms with van der Waals surface area (Å²) < 4.78 is 5.61. The van der Waals surface area contributed by atoms with Crippen molar-refractivity contribution in [2.24, 2.45) is 0 Å². The smallest absolute Gasteiger partial charge is 0.102 e. The average molecular weight is 229 g/mol. The van der Waals surface area contributed by atoms with Crippen LogP contribution < -0.4 is 5.32 Å². The highest BCUT2D eigenvalue weighted by Gasteiger charge is 2.17. The lowest BCUT2D eigenvalue weighted by molar-refractivity contribution is 0.197. The lowest BCUT2D eigenvalue weighted by atomic mass is 10.0. The van der Waals surface area contributed by atoms with Crippen molar-refractivity contribution >= 4 is 20.3 Å². The van der Waals surface area contributed by atoms with Crippen LogP contribution in [0.25, 0.3) is 0 Å². The van der Waals surface area contributed by atoms with E-state index in [-0.39, 0.29) is 20.2 Å². The second-order valence-electron chi connectivity index (χ2n) is 3.12. The van der Waals surface area contributed by atoms with Gasteiger partial charge in [0, 0.05) is 6.04 Å². The fraction of sp³-hybridized carbons (Fsp3) is 0.400. The molecular weight excluding hydrogens is 213 g/mol. The number of rotatable bonds is 5. The van der Waals surface area contributed by atoms with Crippen LogP contribution in [-0.4, -0.2) is 13.1 Å². The number of hydrogen-bond donors (Lipinski definition) is 2. The molecule has 1 N–H and O–H groups in total. The molecule has 2 nitrogen and oxygen atoms in total. The summed E-state index contributed by atoms with van der Waals surface area (Å²) in [5.41, 5.74) is 1.19. The molecule has 0 heterocycles. The van der Waals surface area contributed by atoms with Gasteiger partial charge in [0.05, 0.1) is 8.01 Å². The van der Waals surface area contributed by atoms with E-state index in [2.05, 4.69) is 36.6 Å². The van der Waals surface area contributed by atoms with Crippen molar-refractivity contribution in [3.05, 3.63) is 35.9 Å². The zero-order valence-electron chi connectivity index (χ0n) is 8.40. The topological polar surface area (TPSA) is 21.3 Å². The Kier molecular flexibility index (Phi) is 5.49. The van der Waals surface area contributed by atoms with E-state index in [9.17, 15) is 0 Å². The monoisotopic (exact) mass is 229 g/mol. The molecule has 0 saturated heterocycles. The van der Waals surface area contributed by atoms with E-state index in [0.29, 0.717) is 0 Å². The van der Waals surface area contributed by atoms with Gasteiger partial charge in [-0.1, -0.05) is 30.3 Å². The Hall–Kier alpha value is -0.0800. The van der Waals surface area contributed by atoms with Crippen LogP contribution in [-0.2, 0) is 4.52 Å². The number of nitrogens with one attached hydrogen (secondary N) is 1. The second kappa shape index (κ2) is 6.41. The Bertz CT molecular complexity index is 258. The van der Waals surface area contributed by atoms with Gasteiger partial charge in [0.25, 0.3) is 0 Å². The lowest BCUT2D eigenvalue weighted by Gasteiger charge is -2.23. The molecule has 1 unspecified atom stereocenters. The van der Waals surface area contributed by atoms with Crippen LogP contribution in [0, 0.1) is 0 Å². The highest BCUT2D eigenvalue weighted by atomic mass is 32.7.